The fraction of sp³-hybridized carbons (Fsp3) is 0.900. The molecule has 94 valence electrons. The van der Waals surface area contributed by atoms with Gasteiger partial charge in [0.25, 0.3) is 0 Å². The minimum absolute atomic E-state index is 0.0680. The van der Waals surface area contributed by atoms with Gasteiger partial charge in [0.1, 0.15) is 0 Å². The molecule has 0 bridgehead atoms. The Morgan fingerprint density at radius 2 is 1.75 bits per heavy atom. The van der Waals surface area contributed by atoms with Crippen molar-refractivity contribution in [1.82, 2.24) is 10.0 Å². The summed E-state index contributed by atoms with van der Waals surface area (Å²) in [4.78, 5) is 11.3. The van der Waals surface area contributed by atoms with Gasteiger partial charge < -0.3 is 5.32 Å². The van der Waals surface area contributed by atoms with E-state index in [0.717, 1.165) is 19.3 Å². The number of nitrogens with one attached hydrogen (secondary N) is 2. The number of urea groups is 1. The van der Waals surface area contributed by atoms with Gasteiger partial charge in [-0.3, -0.25) is 0 Å². The van der Waals surface area contributed by atoms with Crippen molar-refractivity contribution < 1.29 is 13.2 Å². The van der Waals surface area contributed by atoms with Crippen LogP contribution in [-0.2, 0) is 10.0 Å². The molecule has 0 atom stereocenters. The summed E-state index contributed by atoms with van der Waals surface area (Å²) in [6, 6.07) is -0.692. The van der Waals surface area contributed by atoms with Gasteiger partial charge in [-0.15, -0.1) is 0 Å². The van der Waals surface area contributed by atoms with Crippen LogP contribution in [0, 0.1) is 0 Å². The van der Waals surface area contributed by atoms with E-state index in [9.17, 15) is 13.2 Å². The highest BCUT2D eigenvalue weighted by Crippen LogP contribution is 2.22. The predicted molar refractivity (Wildman–Crippen MR) is 62.6 cm³/mol. The van der Waals surface area contributed by atoms with Crippen LogP contribution in [0.1, 0.15) is 46.0 Å². The van der Waals surface area contributed by atoms with Gasteiger partial charge in [-0.2, -0.15) is 0 Å². The molecular weight excluding hydrogens is 228 g/mol. The van der Waals surface area contributed by atoms with Gasteiger partial charge in [-0.25, -0.2) is 17.9 Å². The van der Waals surface area contributed by atoms with E-state index < -0.39 is 21.3 Å². The molecule has 0 spiro atoms. The molecule has 0 unspecified atom stereocenters. The van der Waals surface area contributed by atoms with Crippen molar-refractivity contribution in [3.63, 3.8) is 0 Å². The van der Waals surface area contributed by atoms with Gasteiger partial charge in [0.05, 0.1) is 5.25 Å². The first-order valence-electron chi connectivity index (χ1n) is 5.74. The number of hydrogen-bond acceptors (Lipinski definition) is 3. The van der Waals surface area contributed by atoms with E-state index >= 15 is 0 Å². The average Bonchev–Trinajstić information content (AvgIpc) is 2.16. The Kier molecular flexibility index (Phi) is 4.58. The van der Waals surface area contributed by atoms with Crippen molar-refractivity contribution in [2.45, 2.75) is 57.2 Å². The van der Waals surface area contributed by atoms with Crippen molar-refractivity contribution in [1.29, 1.82) is 0 Å². The summed E-state index contributed by atoms with van der Waals surface area (Å²) < 4.78 is 25.7. The minimum Gasteiger partial charge on any atom is -0.335 e. The predicted octanol–water partition coefficient (Wildman–Crippen LogP) is 1.36. The third-order valence-electron chi connectivity index (χ3n) is 2.65. The summed E-state index contributed by atoms with van der Waals surface area (Å²) in [5.74, 6) is 0. The van der Waals surface area contributed by atoms with Gasteiger partial charge in [0.15, 0.2) is 0 Å². The molecule has 16 heavy (non-hydrogen) atoms. The molecule has 0 saturated heterocycles. The van der Waals surface area contributed by atoms with Gasteiger partial charge in [0.2, 0.25) is 10.0 Å². The maximum absolute atomic E-state index is 11.8. The molecule has 0 aromatic carbocycles. The van der Waals surface area contributed by atoms with Crippen molar-refractivity contribution in [3.05, 3.63) is 0 Å². The lowest BCUT2D eigenvalue weighted by molar-refractivity contribution is 0.243. The molecular formula is C10H20N2O3S. The van der Waals surface area contributed by atoms with E-state index in [-0.39, 0.29) is 6.04 Å². The van der Waals surface area contributed by atoms with Crippen molar-refractivity contribution >= 4 is 16.1 Å². The van der Waals surface area contributed by atoms with Gasteiger partial charge in [-0.05, 0) is 26.7 Å². The normalized spacial score (nSPS) is 18.4. The van der Waals surface area contributed by atoms with Crippen LogP contribution in [0.3, 0.4) is 0 Å². The Balaban J connectivity index is 2.53. The van der Waals surface area contributed by atoms with Gasteiger partial charge in [-0.1, -0.05) is 19.3 Å². The zero-order chi connectivity index (χ0) is 12.2. The lowest BCUT2D eigenvalue weighted by Crippen LogP contribution is -2.46. The molecule has 1 fully saturated rings. The maximum atomic E-state index is 11.8. The molecule has 1 saturated carbocycles. The molecule has 1 rings (SSSR count). The summed E-state index contributed by atoms with van der Waals surface area (Å²) in [6.45, 7) is 3.57. The first-order chi connectivity index (χ1) is 7.42. The number of amides is 2. The summed E-state index contributed by atoms with van der Waals surface area (Å²) in [6.07, 6.45) is 4.26. The van der Waals surface area contributed by atoms with Crippen LogP contribution in [0.15, 0.2) is 0 Å². The Morgan fingerprint density at radius 3 is 2.25 bits per heavy atom. The molecule has 0 aliphatic heterocycles. The number of sulfonamides is 1. The Labute approximate surface area is 97.0 Å². The number of rotatable bonds is 3. The van der Waals surface area contributed by atoms with E-state index in [1.54, 1.807) is 13.8 Å². The van der Waals surface area contributed by atoms with Crippen LogP contribution in [0.2, 0.25) is 0 Å². The van der Waals surface area contributed by atoms with E-state index in [0.29, 0.717) is 12.8 Å². The van der Waals surface area contributed by atoms with E-state index in [1.165, 1.54) is 0 Å². The highest BCUT2D eigenvalue weighted by atomic mass is 32.2. The highest BCUT2D eigenvalue weighted by Gasteiger charge is 2.28. The Morgan fingerprint density at radius 1 is 1.19 bits per heavy atom. The zero-order valence-electron chi connectivity index (χ0n) is 9.82. The minimum atomic E-state index is -3.49. The largest absolute Gasteiger partial charge is 0.335 e. The number of carbonyl (C=O) groups is 1. The lowest BCUT2D eigenvalue weighted by Gasteiger charge is -2.22. The number of carbonyl (C=O) groups excluding carboxylic acids is 1. The molecule has 6 heteroatoms. The first kappa shape index (κ1) is 13.3. The van der Waals surface area contributed by atoms with Crippen LogP contribution in [-0.4, -0.2) is 25.7 Å². The van der Waals surface area contributed by atoms with Crippen LogP contribution in [0.5, 0.6) is 0 Å². The van der Waals surface area contributed by atoms with E-state index in [4.69, 9.17) is 0 Å². The number of hydrogen-bond donors (Lipinski definition) is 2. The molecule has 2 N–H and O–H groups in total. The molecule has 0 radical (unpaired) electrons. The monoisotopic (exact) mass is 248 g/mol. The second-order valence-corrected chi connectivity index (χ2v) is 6.50. The third-order valence-corrected chi connectivity index (χ3v) is 4.46. The average molecular weight is 248 g/mol. The van der Waals surface area contributed by atoms with Crippen molar-refractivity contribution in [3.8, 4) is 0 Å². The quantitative estimate of drug-likeness (QED) is 0.791. The summed E-state index contributed by atoms with van der Waals surface area (Å²) in [5, 5.41) is 2.11. The Hall–Kier alpha value is -0.780. The molecule has 1 aliphatic rings. The second-order valence-electron chi connectivity index (χ2n) is 4.54. The summed E-state index contributed by atoms with van der Waals surface area (Å²) >= 11 is 0. The second kappa shape index (κ2) is 5.52. The third kappa shape index (κ3) is 4.00. The van der Waals surface area contributed by atoms with Crippen LogP contribution >= 0.6 is 0 Å². The smallest absolute Gasteiger partial charge is 0.328 e. The van der Waals surface area contributed by atoms with Gasteiger partial charge in [0, 0.05) is 6.04 Å². The lowest BCUT2D eigenvalue weighted by atomic mass is 10.0. The van der Waals surface area contributed by atoms with E-state index in [2.05, 4.69) is 10.0 Å². The van der Waals surface area contributed by atoms with Crippen LogP contribution in [0.25, 0.3) is 0 Å². The van der Waals surface area contributed by atoms with Crippen LogP contribution < -0.4 is 10.0 Å². The fourth-order valence-electron chi connectivity index (χ4n) is 1.88. The maximum Gasteiger partial charge on any atom is 0.328 e. The zero-order valence-corrected chi connectivity index (χ0v) is 10.6. The molecule has 0 aromatic heterocycles. The van der Waals surface area contributed by atoms with E-state index in [1.807, 2.05) is 0 Å². The molecule has 1 aliphatic carbocycles. The van der Waals surface area contributed by atoms with Crippen LogP contribution in [0.4, 0.5) is 4.79 Å². The fourth-order valence-corrected chi connectivity index (χ4v) is 3.32. The van der Waals surface area contributed by atoms with Crippen molar-refractivity contribution in [2.75, 3.05) is 0 Å². The van der Waals surface area contributed by atoms with Gasteiger partial charge >= 0.3 is 6.03 Å². The SMILES string of the molecule is CC(C)NC(=O)NS(=O)(=O)C1CCCCC1. The summed E-state index contributed by atoms with van der Waals surface area (Å²) in [5.41, 5.74) is 0. The Bertz CT molecular complexity index is 332. The highest BCUT2D eigenvalue weighted by molar-refractivity contribution is 7.90. The molecule has 0 heterocycles. The first-order valence-corrected chi connectivity index (χ1v) is 7.28. The molecule has 0 aromatic rings. The summed E-state index contributed by atoms with van der Waals surface area (Å²) in [7, 11) is -3.49. The molecule has 5 nitrogen and oxygen atoms in total. The topological polar surface area (TPSA) is 75.3 Å². The molecule has 2 amide bonds. The van der Waals surface area contributed by atoms with Crippen molar-refractivity contribution in [2.24, 2.45) is 0 Å². The standard InChI is InChI=1S/C10H20N2O3S/c1-8(2)11-10(13)12-16(14,15)9-6-4-3-5-7-9/h8-9H,3-7H2,1-2H3,(H2,11,12,13).